The topological polar surface area (TPSA) is 55.6 Å². The molecule has 1 aromatic carbocycles. The van der Waals surface area contributed by atoms with Gasteiger partial charge in [-0.3, -0.25) is 4.79 Å². The molecule has 0 unspecified atom stereocenters. The molecule has 0 aromatic heterocycles. The third-order valence-corrected chi connectivity index (χ3v) is 4.79. The van der Waals surface area contributed by atoms with E-state index in [1.807, 2.05) is 6.07 Å². The minimum atomic E-state index is -0.419. The fourth-order valence-electron chi connectivity index (χ4n) is 3.89. The van der Waals surface area contributed by atoms with E-state index in [-0.39, 0.29) is 0 Å². The van der Waals surface area contributed by atoms with Crippen molar-refractivity contribution in [2.75, 3.05) is 20.2 Å². The van der Waals surface area contributed by atoms with Gasteiger partial charge in [-0.15, -0.1) is 0 Å². The van der Waals surface area contributed by atoms with E-state index in [0.717, 1.165) is 18.0 Å². The molecule has 2 fully saturated rings. The van der Waals surface area contributed by atoms with E-state index < -0.39 is 5.91 Å². The summed E-state index contributed by atoms with van der Waals surface area (Å²) in [6.07, 6.45) is 4.85. The maximum atomic E-state index is 11.5. The number of primary amides is 1. The molecular formula is C16H22N2O2. The van der Waals surface area contributed by atoms with Gasteiger partial charge in [-0.25, -0.2) is 0 Å². The van der Waals surface area contributed by atoms with E-state index in [4.69, 9.17) is 10.5 Å². The number of amides is 1. The number of carbonyl (C=O) groups excluding carboxylic acids is 1. The minimum absolute atomic E-state index is 0.419. The van der Waals surface area contributed by atoms with Crippen LogP contribution >= 0.6 is 0 Å². The number of fused-ring (bicyclic) bond motifs is 1. The van der Waals surface area contributed by atoms with Gasteiger partial charge in [0.2, 0.25) is 0 Å². The van der Waals surface area contributed by atoms with Crippen LogP contribution in [0.2, 0.25) is 0 Å². The Hall–Kier alpha value is -1.55. The highest BCUT2D eigenvalue weighted by Gasteiger charge is 2.37. The van der Waals surface area contributed by atoms with Gasteiger partial charge in [0.15, 0.2) is 0 Å². The van der Waals surface area contributed by atoms with Crippen LogP contribution in [-0.2, 0) is 6.42 Å². The van der Waals surface area contributed by atoms with Crippen molar-refractivity contribution in [2.45, 2.75) is 31.7 Å². The van der Waals surface area contributed by atoms with Crippen molar-refractivity contribution < 1.29 is 9.53 Å². The maximum Gasteiger partial charge on any atom is 0.252 e. The standard InChI is InChI=1S/C16H22N2O2/c1-20-15-12(4-2-5-13(15)16(17)19)10-11-7-9-18-8-3-6-14(11)18/h2,4-5,11,14H,3,6-10H2,1H3,(H2,17,19)/t11-,14+/m1/s1. The Morgan fingerprint density at radius 3 is 3.00 bits per heavy atom. The highest BCUT2D eigenvalue weighted by Crippen LogP contribution is 2.36. The van der Waals surface area contributed by atoms with Crippen molar-refractivity contribution in [3.8, 4) is 5.75 Å². The Labute approximate surface area is 119 Å². The molecule has 1 amide bonds. The van der Waals surface area contributed by atoms with Gasteiger partial charge in [-0.05, 0) is 56.3 Å². The van der Waals surface area contributed by atoms with Crippen molar-refractivity contribution >= 4 is 5.91 Å². The van der Waals surface area contributed by atoms with Gasteiger partial charge in [-0.2, -0.15) is 0 Å². The van der Waals surface area contributed by atoms with Crippen LogP contribution in [0.25, 0.3) is 0 Å². The fourth-order valence-corrected chi connectivity index (χ4v) is 3.89. The van der Waals surface area contributed by atoms with Gasteiger partial charge in [0.1, 0.15) is 5.75 Å². The van der Waals surface area contributed by atoms with Crippen LogP contribution in [0, 0.1) is 5.92 Å². The number of nitrogens with zero attached hydrogens (tertiary/aromatic N) is 1. The zero-order chi connectivity index (χ0) is 14.1. The van der Waals surface area contributed by atoms with Crippen molar-refractivity contribution in [1.29, 1.82) is 0 Å². The normalized spacial score (nSPS) is 25.6. The SMILES string of the molecule is COc1c(C[C@H]2CCN3CCC[C@@H]23)cccc1C(N)=O. The molecule has 2 aliphatic rings. The maximum absolute atomic E-state index is 11.5. The summed E-state index contributed by atoms with van der Waals surface area (Å²) in [4.78, 5) is 14.1. The number of hydrogen-bond acceptors (Lipinski definition) is 3. The molecular weight excluding hydrogens is 252 g/mol. The number of methoxy groups -OCH3 is 1. The van der Waals surface area contributed by atoms with E-state index in [1.54, 1.807) is 13.2 Å². The summed E-state index contributed by atoms with van der Waals surface area (Å²) in [5.41, 5.74) is 7.03. The molecule has 2 aliphatic heterocycles. The third kappa shape index (κ3) is 2.29. The largest absolute Gasteiger partial charge is 0.496 e. The summed E-state index contributed by atoms with van der Waals surface area (Å²) < 4.78 is 5.44. The van der Waals surface area contributed by atoms with Crippen LogP contribution in [0.15, 0.2) is 18.2 Å². The summed E-state index contributed by atoms with van der Waals surface area (Å²) in [5, 5.41) is 0. The summed E-state index contributed by atoms with van der Waals surface area (Å²) in [7, 11) is 1.61. The quantitative estimate of drug-likeness (QED) is 0.911. The van der Waals surface area contributed by atoms with Crippen LogP contribution in [0.5, 0.6) is 5.75 Å². The number of para-hydroxylation sites is 1. The van der Waals surface area contributed by atoms with Crippen LogP contribution in [0.1, 0.15) is 35.2 Å². The van der Waals surface area contributed by atoms with E-state index in [9.17, 15) is 4.79 Å². The van der Waals surface area contributed by atoms with Crippen molar-refractivity contribution in [3.05, 3.63) is 29.3 Å². The molecule has 4 nitrogen and oxygen atoms in total. The second kappa shape index (κ2) is 5.44. The van der Waals surface area contributed by atoms with Gasteiger partial charge in [0.25, 0.3) is 5.91 Å². The van der Waals surface area contributed by atoms with Gasteiger partial charge in [-0.1, -0.05) is 12.1 Å². The van der Waals surface area contributed by atoms with Crippen molar-refractivity contribution in [3.63, 3.8) is 0 Å². The highest BCUT2D eigenvalue weighted by atomic mass is 16.5. The lowest BCUT2D eigenvalue weighted by molar-refractivity contribution is 0.0997. The molecule has 2 N–H and O–H groups in total. The van der Waals surface area contributed by atoms with Gasteiger partial charge >= 0.3 is 0 Å². The molecule has 108 valence electrons. The second-order valence-corrected chi connectivity index (χ2v) is 5.86. The fraction of sp³-hybridized carbons (Fsp3) is 0.562. The molecule has 0 bridgehead atoms. The Bertz CT molecular complexity index is 515. The molecule has 0 spiro atoms. The Kier molecular flexibility index (Phi) is 3.66. The zero-order valence-electron chi connectivity index (χ0n) is 12.0. The molecule has 20 heavy (non-hydrogen) atoms. The Balaban J connectivity index is 1.84. The summed E-state index contributed by atoms with van der Waals surface area (Å²) in [6, 6.07) is 6.42. The second-order valence-electron chi connectivity index (χ2n) is 5.86. The average molecular weight is 274 g/mol. The first-order valence-corrected chi connectivity index (χ1v) is 7.40. The molecule has 1 aromatic rings. The summed E-state index contributed by atoms with van der Waals surface area (Å²) in [5.74, 6) is 0.920. The molecule has 2 heterocycles. The Morgan fingerprint density at radius 1 is 1.40 bits per heavy atom. The zero-order valence-corrected chi connectivity index (χ0v) is 12.0. The van der Waals surface area contributed by atoms with E-state index in [2.05, 4.69) is 11.0 Å². The average Bonchev–Trinajstić information content (AvgIpc) is 3.03. The first-order valence-electron chi connectivity index (χ1n) is 7.40. The molecule has 2 saturated heterocycles. The van der Waals surface area contributed by atoms with Gasteiger partial charge < -0.3 is 15.4 Å². The first kappa shape index (κ1) is 13.4. The van der Waals surface area contributed by atoms with Crippen LogP contribution in [-0.4, -0.2) is 37.0 Å². The van der Waals surface area contributed by atoms with Crippen molar-refractivity contribution in [1.82, 2.24) is 4.90 Å². The van der Waals surface area contributed by atoms with E-state index >= 15 is 0 Å². The van der Waals surface area contributed by atoms with Crippen LogP contribution in [0.4, 0.5) is 0 Å². The number of carbonyl (C=O) groups is 1. The number of nitrogens with two attached hydrogens (primary N) is 1. The molecule has 0 saturated carbocycles. The predicted octanol–water partition coefficient (Wildman–Crippen LogP) is 1.82. The van der Waals surface area contributed by atoms with Crippen LogP contribution < -0.4 is 10.5 Å². The number of benzene rings is 1. The molecule has 3 rings (SSSR count). The molecule has 2 atom stereocenters. The summed E-state index contributed by atoms with van der Waals surface area (Å²) >= 11 is 0. The van der Waals surface area contributed by atoms with E-state index in [1.165, 1.54) is 32.4 Å². The van der Waals surface area contributed by atoms with Crippen LogP contribution in [0.3, 0.4) is 0 Å². The predicted molar refractivity (Wildman–Crippen MR) is 77.9 cm³/mol. The lowest BCUT2D eigenvalue weighted by Gasteiger charge is -2.21. The molecule has 0 radical (unpaired) electrons. The lowest BCUT2D eigenvalue weighted by Crippen LogP contribution is -2.27. The summed E-state index contributed by atoms with van der Waals surface area (Å²) in [6.45, 7) is 2.47. The van der Waals surface area contributed by atoms with Crippen molar-refractivity contribution in [2.24, 2.45) is 11.7 Å². The lowest BCUT2D eigenvalue weighted by atomic mass is 9.90. The number of ether oxygens (including phenoxy) is 1. The monoisotopic (exact) mass is 274 g/mol. The van der Waals surface area contributed by atoms with E-state index in [0.29, 0.717) is 17.2 Å². The smallest absolute Gasteiger partial charge is 0.252 e. The number of rotatable bonds is 4. The van der Waals surface area contributed by atoms with Gasteiger partial charge in [0, 0.05) is 6.04 Å². The Morgan fingerprint density at radius 2 is 2.25 bits per heavy atom. The highest BCUT2D eigenvalue weighted by molar-refractivity contribution is 5.96. The van der Waals surface area contributed by atoms with Gasteiger partial charge in [0.05, 0.1) is 12.7 Å². The molecule has 4 heteroatoms. The minimum Gasteiger partial charge on any atom is -0.496 e. The number of hydrogen-bond donors (Lipinski definition) is 1. The first-order chi connectivity index (χ1) is 9.70. The third-order valence-electron chi connectivity index (χ3n) is 4.79. The molecule has 0 aliphatic carbocycles.